The Morgan fingerprint density at radius 1 is 1.16 bits per heavy atom. The van der Waals surface area contributed by atoms with Crippen LogP contribution in [0.4, 0.5) is 14.5 Å². The third kappa shape index (κ3) is 3.18. The predicted octanol–water partition coefficient (Wildman–Crippen LogP) is 2.81. The average Bonchev–Trinajstić information content (AvgIpc) is 2.31. The van der Waals surface area contributed by atoms with E-state index in [0.717, 1.165) is 30.5 Å². The Labute approximate surface area is 113 Å². The first kappa shape index (κ1) is 13.7. The summed E-state index contributed by atoms with van der Waals surface area (Å²) in [6.45, 7) is 0. The molecule has 0 aliphatic rings. The number of rotatable bonds is 3. The first-order valence-corrected chi connectivity index (χ1v) is 6.84. The largest absolute Gasteiger partial charge is 0.278 e. The Balaban J connectivity index is 2.35. The molecule has 8 heteroatoms. The molecular weight excluding hydrogens is 298 g/mol. The number of hydrogen-bond donors (Lipinski definition) is 1. The van der Waals surface area contributed by atoms with Crippen molar-refractivity contribution in [1.82, 2.24) is 4.98 Å². The summed E-state index contributed by atoms with van der Waals surface area (Å²) in [5.74, 6) is -1.38. The second kappa shape index (κ2) is 5.10. The lowest BCUT2D eigenvalue weighted by Gasteiger charge is -2.09. The summed E-state index contributed by atoms with van der Waals surface area (Å²) in [5, 5.41) is -0.248. The minimum absolute atomic E-state index is 0.0711. The highest BCUT2D eigenvalue weighted by Crippen LogP contribution is 2.24. The molecule has 1 aromatic carbocycles. The molecule has 0 aliphatic heterocycles. The number of sulfonamides is 1. The fourth-order valence-electron chi connectivity index (χ4n) is 1.34. The van der Waals surface area contributed by atoms with E-state index in [1.807, 2.05) is 0 Å². The number of benzene rings is 1. The van der Waals surface area contributed by atoms with Crippen molar-refractivity contribution in [3.63, 3.8) is 0 Å². The van der Waals surface area contributed by atoms with Crippen LogP contribution in [0.25, 0.3) is 0 Å². The van der Waals surface area contributed by atoms with Gasteiger partial charge in [0.1, 0.15) is 10.7 Å². The van der Waals surface area contributed by atoms with Gasteiger partial charge in [0.25, 0.3) is 10.0 Å². The fourth-order valence-corrected chi connectivity index (χ4v) is 2.92. The zero-order chi connectivity index (χ0) is 14.0. The molecule has 2 aromatic rings. The van der Waals surface area contributed by atoms with Gasteiger partial charge in [0, 0.05) is 0 Å². The number of pyridine rings is 1. The van der Waals surface area contributed by atoms with Crippen molar-refractivity contribution in [2.24, 2.45) is 0 Å². The van der Waals surface area contributed by atoms with Gasteiger partial charge in [-0.1, -0.05) is 11.6 Å². The summed E-state index contributed by atoms with van der Waals surface area (Å²) in [6, 6.07) is 5.11. The van der Waals surface area contributed by atoms with Crippen LogP contribution in [0.2, 0.25) is 5.02 Å². The number of nitrogens with zero attached hydrogens (tertiary/aromatic N) is 1. The van der Waals surface area contributed by atoms with Gasteiger partial charge in [-0.15, -0.1) is 0 Å². The Morgan fingerprint density at radius 3 is 2.47 bits per heavy atom. The van der Waals surface area contributed by atoms with Gasteiger partial charge >= 0.3 is 0 Å². The Morgan fingerprint density at radius 2 is 1.89 bits per heavy atom. The average molecular weight is 305 g/mol. The second-order valence-corrected chi connectivity index (χ2v) is 5.61. The van der Waals surface area contributed by atoms with Gasteiger partial charge in [0.2, 0.25) is 5.95 Å². The van der Waals surface area contributed by atoms with Crippen molar-refractivity contribution in [1.29, 1.82) is 0 Å². The molecule has 4 nitrogen and oxygen atoms in total. The van der Waals surface area contributed by atoms with E-state index in [1.165, 1.54) is 6.07 Å². The van der Waals surface area contributed by atoms with Crippen LogP contribution in [0.5, 0.6) is 0 Å². The monoisotopic (exact) mass is 304 g/mol. The molecule has 0 aliphatic carbocycles. The molecule has 0 atom stereocenters. The van der Waals surface area contributed by atoms with Gasteiger partial charge in [0.05, 0.1) is 16.9 Å². The van der Waals surface area contributed by atoms with Crippen LogP contribution in [0.15, 0.2) is 41.4 Å². The molecule has 2 rings (SSSR count). The molecule has 0 saturated heterocycles. The van der Waals surface area contributed by atoms with E-state index in [4.69, 9.17) is 11.6 Å². The van der Waals surface area contributed by atoms with Crippen LogP contribution in [-0.4, -0.2) is 13.4 Å². The van der Waals surface area contributed by atoms with Gasteiger partial charge < -0.3 is 0 Å². The smallest absolute Gasteiger partial charge is 0.263 e. The fraction of sp³-hybridized carbons (Fsp3) is 0. The van der Waals surface area contributed by atoms with Crippen LogP contribution in [0.3, 0.4) is 0 Å². The summed E-state index contributed by atoms with van der Waals surface area (Å²) in [4.78, 5) is 3.03. The van der Waals surface area contributed by atoms with Crippen molar-refractivity contribution in [3.05, 3.63) is 53.3 Å². The van der Waals surface area contributed by atoms with Crippen LogP contribution >= 0.6 is 11.6 Å². The predicted molar refractivity (Wildman–Crippen MR) is 66.4 cm³/mol. The Kier molecular flexibility index (Phi) is 3.68. The van der Waals surface area contributed by atoms with E-state index in [-0.39, 0.29) is 15.6 Å². The van der Waals surface area contributed by atoms with Gasteiger partial charge in [-0.05, 0) is 30.3 Å². The number of hydrogen-bond acceptors (Lipinski definition) is 3. The van der Waals surface area contributed by atoms with Crippen molar-refractivity contribution >= 4 is 27.3 Å². The SMILES string of the molecule is O=S(=O)(Nc1ccc(F)nc1)c1ccc(F)cc1Cl. The molecule has 1 aromatic heterocycles. The van der Waals surface area contributed by atoms with Crippen LogP contribution in [0, 0.1) is 11.8 Å². The highest BCUT2D eigenvalue weighted by atomic mass is 35.5. The van der Waals surface area contributed by atoms with E-state index < -0.39 is 21.8 Å². The van der Waals surface area contributed by atoms with Crippen LogP contribution < -0.4 is 4.72 Å². The minimum atomic E-state index is -3.98. The minimum Gasteiger partial charge on any atom is -0.278 e. The molecular formula is C11H7ClF2N2O2S. The normalized spacial score (nSPS) is 11.3. The van der Waals surface area contributed by atoms with Crippen molar-refractivity contribution < 1.29 is 17.2 Å². The maximum Gasteiger partial charge on any atom is 0.263 e. The number of anilines is 1. The summed E-state index contributed by atoms with van der Waals surface area (Å²) >= 11 is 5.67. The highest BCUT2D eigenvalue weighted by Gasteiger charge is 2.18. The Bertz CT molecular complexity index is 705. The molecule has 0 saturated carbocycles. The third-order valence-corrected chi connectivity index (χ3v) is 4.03. The van der Waals surface area contributed by atoms with E-state index in [9.17, 15) is 17.2 Å². The standard InChI is InChI=1S/C11H7ClF2N2O2S/c12-9-5-7(13)1-3-10(9)19(17,18)16-8-2-4-11(14)15-6-8/h1-6,16H. The molecule has 0 fully saturated rings. The lowest BCUT2D eigenvalue weighted by Crippen LogP contribution is -2.13. The number of nitrogens with one attached hydrogen (secondary N) is 1. The summed E-state index contributed by atoms with van der Waals surface area (Å²) < 4.78 is 51.6. The first-order chi connectivity index (χ1) is 8.88. The van der Waals surface area contributed by atoms with E-state index in [0.29, 0.717) is 0 Å². The lowest BCUT2D eigenvalue weighted by atomic mass is 10.3. The molecule has 19 heavy (non-hydrogen) atoms. The van der Waals surface area contributed by atoms with Crippen molar-refractivity contribution in [2.45, 2.75) is 4.90 Å². The summed E-state index contributed by atoms with van der Waals surface area (Å²) in [5.41, 5.74) is 0.0711. The van der Waals surface area contributed by atoms with Crippen LogP contribution in [-0.2, 0) is 10.0 Å². The molecule has 0 spiro atoms. The summed E-state index contributed by atoms with van der Waals surface area (Å²) in [7, 11) is -3.98. The molecule has 0 radical (unpaired) electrons. The highest BCUT2D eigenvalue weighted by molar-refractivity contribution is 7.92. The maximum atomic E-state index is 12.9. The van der Waals surface area contributed by atoms with Crippen LogP contribution in [0.1, 0.15) is 0 Å². The van der Waals surface area contributed by atoms with Crippen molar-refractivity contribution in [3.8, 4) is 0 Å². The van der Waals surface area contributed by atoms with E-state index in [1.54, 1.807) is 0 Å². The lowest BCUT2D eigenvalue weighted by molar-refractivity contribution is 0.583. The van der Waals surface area contributed by atoms with E-state index >= 15 is 0 Å². The van der Waals surface area contributed by atoms with Gasteiger partial charge in [0.15, 0.2) is 0 Å². The first-order valence-electron chi connectivity index (χ1n) is 4.98. The zero-order valence-electron chi connectivity index (χ0n) is 9.27. The van der Waals surface area contributed by atoms with Gasteiger partial charge in [-0.25, -0.2) is 17.8 Å². The van der Waals surface area contributed by atoms with E-state index in [2.05, 4.69) is 9.71 Å². The second-order valence-electron chi connectivity index (χ2n) is 3.55. The van der Waals surface area contributed by atoms with Gasteiger partial charge in [-0.3, -0.25) is 4.72 Å². The molecule has 1 heterocycles. The quantitative estimate of drug-likeness (QED) is 0.887. The third-order valence-electron chi connectivity index (χ3n) is 2.16. The van der Waals surface area contributed by atoms with Crippen molar-refractivity contribution in [2.75, 3.05) is 4.72 Å². The van der Waals surface area contributed by atoms with Gasteiger partial charge in [-0.2, -0.15) is 4.39 Å². The Hall–Kier alpha value is -1.73. The molecule has 1 N–H and O–H groups in total. The zero-order valence-corrected chi connectivity index (χ0v) is 10.8. The summed E-state index contributed by atoms with van der Waals surface area (Å²) in [6.07, 6.45) is 1.02. The maximum absolute atomic E-state index is 12.9. The topological polar surface area (TPSA) is 59.1 Å². The number of halogens is 3. The molecule has 0 amide bonds. The molecule has 0 unspecified atom stereocenters. The molecule has 100 valence electrons. The molecule has 0 bridgehead atoms. The number of aromatic nitrogens is 1.